The highest BCUT2D eigenvalue weighted by molar-refractivity contribution is 4.87. The summed E-state index contributed by atoms with van der Waals surface area (Å²) in [4.78, 5) is 9.51. The van der Waals surface area contributed by atoms with Crippen LogP contribution in [0.5, 0.6) is 0 Å². The predicted molar refractivity (Wildman–Crippen MR) is 141 cm³/mol. The van der Waals surface area contributed by atoms with Crippen LogP contribution >= 0.6 is 0 Å². The fourth-order valence-electron chi connectivity index (χ4n) is 3.42. The molecule has 0 spiro atoms. The van der Waals surface area contributed by atoms with E-state index < -0.39 is 0 Å². The number of hydrogen-bond acceptors (Lipinski definition) is 10. The van der Waals surface area contributed by atoms with Crippen molar-refractivity contribution in [2.45, 2.75) is 31.8 Å². The van der Waals surface area contributed by atoms with Gasteiger partial charge in [0.15, 0.2) is 0 Å². The third kappa shape index (κ3) is 16.8. The second kappa shape index (κ2) is 18.9. The van der Waals surface area contributed by atoms with Crippen LogP contribution in [0.25, 0.3) is 0 Å². The molecule has 0 aromatic carbocycles. The molecule has 0 aromatic heterocycles. The third-order valence-electron chi connectivity index (χ3n) is 6.43. The quantitative estimate of drug-likeness (QED) is 0.148. The number of likely N-dealkylation sites (N-methyl/N-ethyl adjacent to an activating group) is 1. The molecule has 0 saturated carbocycles. The molecule has 0 bridgehead atoms. The van der Waals surface area contributed by atoms with E-state index in [4.69, 9.17) is 28.7 Å². The average molecular weight is 473 g/mol. The highest BCUT2D eigenvalue weighted by atomic mass is 15.3. The number of nitrogens with zero attached hydrogens (tertiary/aromatic N) is 4. The van der Waals surface area contributed by atoms with Gasteiger partial charge in [0.05, 0.1) is 0 Å². The van der Waals surface area contributed by atoms with E-state index in [2.05, 4.69) is 31.8 Å². The summed E-state index contributed by atoms with van der Waals surface area (Å²) in [6, 6.07) is 1.35. The summed E-state index contributed by atoms with van der Waals surface area (Å²) in [5.74, 6) is 0.521. The van der Waals surface area contributed by atoms with E-state index in [0.29, 0.717) is 25.0 Å². The molecular weight excluding hydrogens is 416 g/mol. The molecule has 4 rings (SSSR count). The maximum Gasteiger partial charge on any atom is 0.0341 e. The van der Waals surface area contributed by atoms with E-state index in [1.807, 2.05) is 7.05 Å². The molecule has 33 heavy (non-hydrogen) atoms. The number of hydrogen-bond donors (Lipinski definition) is 6. The number of rotatable bonds is 14. The second-order valence-corrected chi connectivity index (χ2v) is 9.44. The molecule has 4 heterocycles. The molecule has 0 aliphatic carbocycles. The number of nitrogens with one attached hydrogen (secondary N) is 1. The fraction of sp³-hybridized carbons (Fsp3) is 1.00. The smallest absolute Gasteiger partial charge is 0.0341 e. The van der Waals surface area contributed by atoms with Crippen LogP contribution in [0.2, 0.25) is 0 Å². The van der Waals surface area contributed by atoms with E-state index in [-0.39, 0.29) is 0 Å². The Bertz CT molecular complexity index is 435. The summed E-state index contributed by atoms with van der Waals surface area (Å²) in [7, 11) is 1.99. The van der Waals surface area contributed by atoms with Gasteiger partial charge in [-0.05, 0) is 52.0 Å². The minimum Gasteiger partial charge on any atom is -0.330 e. The van der Waals surface area contributed by atoms with Crippen molar-refractivity contribution >= 4 is 0 Å². The Balaban J connectivity index is 0.000000221. The van der Waals surface area contributed by atoms with Crippen LogP contribution in [0, 0.1) is 5.92 Å². The van der Waals surface area contributed by atoms with Crippen LogP contribution < -0.4 is 34.0 Å². The van der Waals surface area contributed by atoms with Gasteiger partial charge in [0.2, 0.25) is 0 Å². The number of nitrogens with two attached hydrogens (primary N) is 5. The predicted octanol–water partition coefficient (Wildman–Crippen LogP) is -2.63. The third-order valence-corrected chi connectivity index (χ3v) is 6.43. The Morgan fingerprint density at radius 3 is 1.76 bits per heavy atom. The first-order valence-electron chi connectivity index (χ1n) is 13.1. The SMILES string of the molecule is CCC1CN1CCCN.CNCCN1CC1.NCC(CN)CN1CC1.NCC(CN)N1CC1. The zero-order valence-corrected chi connectivity index (χ0v) is 21.6. The van der Waals surface area contributed by atoms with Crippen LogP contribution in [0.3, 0.4) is 0 Å². The maximum atomic E-state index is 5.45. The Kier molecular flexibility index (Phi) is 17.5. The average Bonchev–Trinajstić information content (AvgIpc) is 3.68. The molecule has 4 aliphatic heterocycles. The second-order valence-electron chi connectivity index (χ2n) is 9.44. The van der Waals surface area contributed by atoms with E-state index in [1.165, 1.54) is 65.3 Å². The van der Waals surface area contributed by atoms with E-state index in [1.54, 1.807) is 0 Å². The first-order chi connectivity index (χ1) is 16.1. The van der Waals surface area contributed by atoms with Crippen molar-refractivity contribution in [2.24, 2.45) is 34.6 Å². The molecule has 4 saturated heterocycles. The van der Waals surface area contributed by atoms with Crippen molar-refractivity contribution in [1.82, 2.24) is 24.9 Å². The minimum atomic E-state index is 0.454. The lowest BCUT2D eigenvalue weighted by atomic mass is 10.1. The largest absolute Gasteiger partial charge is 0.330 e. The maximum absolute atomic E-state index is 5.45. The summed E-state index contributed by atoms with van der Waals surface area (Å²) < 4.78 is 0. The lowest BCUT2D eigenvalue weighted by Gasteiger charge is -2.11. The standard InChI is InChI=1S/C7H16N2.C6H15N3.C5H13N3.C5H12N2/c1-2-7-6-9(7)5-3-4-8;7-3-6(4-8)5-9-1-2-9;6-3-5(4-7)8-1-2-8;1-6-2-3-7-4-5-7/h7H,2-6,8H2,1H3;6H,1-5,7-8H2;5H,1-4,6-7H2;6H,2-5H2,1H3. The zero-order valence-electron chi connectivity index (χ0n) is 21.6. The molecule has 10 heteroatoms. The van der Waals surface area contributed by atoms with E-state index >= 15 is 0 Å². The van der Waals surface area contributed by atoms with Crippen LogP contribution in [0.15, 0.2) is 0 Å². The summed E-state index contributed by atoms with van der Waals surface area (Å²) >= 11 is 0. The van der Waals surface area contributed by atoms with Gasteiger partial charge in [0, 0.05) is 90.6 Å². The molecule has 0 amide bonds. The van der Waals surface area contributed by atoms with E-state index in [0.717, 1.165) is 45.2 Å². The molecule has 4 fully saturated rings. The first kappa shape index (κ1) is 30.6. The molecule has 2 unspecified atom stereocenters. The van der Waals surface area contributed by atoms with Crippen molar-refractivity contribution in [3.05, 3.63) is 0 Å². The van der Waals surface area contributed by atoms with Crippen molar-refractivity contribution < 1.29 is 0 Å². The Morgan fingerprint density at radius 1 is 0.818 bits per heavy atom. The van der Waals surface area contributed by atoms with Gasteiger partial charge in [-0.1, -0.05) is 6.92 Å². The van der Waals surface area contributed by atoms with Crippen LogP contribution in [0.4, 0.5) is 0 Å². The van der Waals surface area contributed by atoms with Crippen molar-refractivity contribution in [1.29, 1.82) is 0 Å². The lowest BCUT2D eigenvalue weighted by Crippen LogP contribution is -2.35. The highest BCUT2D eigenvalue weighted by Gasteiger charge is 2.30. The molecule has 198 valence electrons. The van der Waals surface area contributed by atoms with Gasteiger partial charge >= 0.3 is 0 Å². The fourth-order valence-corrected chi connectivity index (χ4v) is 3.42. The van der Waals surface area contributed by atoms with Gasteiger partial charge in [-0.15, -0.1) is 0 Å². The van der Waals surface area contributed by atoms with Crippen molar-refractivity contribution in [2.75, 3.05) is 112 Å². The molecule has 2 atom stereocenters. The molecule has 11 N–H and O–H groups in total. The van der Waals surface area contributed by atoms with Gasteiger partial charge < -0.3 is 38.9 Å². The van der Waals surface area contributed by atoms with E-state index in [9.17, 15) is 0 Å². The summed E-state index contributed by atoms with van der Waals surface area (Å²) in [5.41, 5.74) is 27.1. The zero-order chi connectivity index (χ0) is 24.5. The topological polar surface area (TPSA) is 154 Å². The Labute approximate surface area is 203 Å². The van der Waals surface area contributed by atoms with Gasteiger partial charge in [-0.2, -0.15) is 0 Å². The van der Waals surface area contributed by atoms with Crippen LogP contribution in [-0.4, -0.2) is 143 Å². The van der Waals surface area contributed by atoms with Crippen LogP contribution in [-0.2, 0) is 0 Å². The summed E-state index contributed by atoms with van der Waals surface area (Å²) in [6.45, 7) is 19.5. The molecular formula is C23H56N10. The first-order valence-corrected chi connectivity index (χ1v) is 13.1. The molecule has 0 radical (unpaired) electrons. The highest BCUT2D eigenvalue weighted by Crippen LogP contribution is 2.19. The molecule has 0 aromatic rings. The lowest BCUT2D eigenvalue weighted by molar-refractivity contribution is 0.413. The minimum absolute atomic E-state index is 0.454. The van der Waals surface area contributed by atoms with Crippen molar-refractivity contribution in [3.63, 3.8) is 0 Å². The molecule has 10 nitrogen and oxygen atoms in total. The van der Waals surface area contributed by atoms with Crippen LogP contribution in [0.1, 0.15) is 19.8 Å². The normalized spacial score (nSPS) is 23.2. The monoisotopic (exact) mass is 472 g/mol. The van der Waals surface area contributed by atoms with Gasteiger partial charge in [-0.25, -0.2) is 0 Å². The Morgan fingerprint density at radius 2 is 1.42 bits per heavy atom. The van der Waals surface area contributed by atoms with Gasteiger partial charge in [0.25, 0.3) is 0 Å². The summed E-state index contributed by atoms with van der Waals surface area (Å²) in [5, 5.41) is 3.10. The van der Waals surface area contributed by atoms with Gasteiger partial charge in [0.1, 0.15) is 0 Å². The molecule has 4 aliphatic rings. The summed E-state index contributed by atoms with van der Waals surface area (Å²) in [6.07, 6.45) is 2.47. The van der Waals surface area contributed by atoms with Gasteiger partial charge in [-0.3, -0.25) is 14.7 Å². The van der Waals surface area contributed by atoms with Crippen molar-refractivity contribution in [3.8, 4) is 0 Å². The Hall–Kier alpha value is -0.400.